The molecule has 0 aliphatic heterocycles. The molecule has 0 amide bonds. The minimum Gasteiger partial charge on any atom is -0.494 e. The lowest BCUT2D eigenvalue weighted by Gasteiger charge is -2.09. The van der Waals surface area contributed by atoms with E-state index in [9.17, 15) is 9.59 Å². The van der Waals surface area contributed by atoms with Gasteiger partial charge >= 0.3 is 11.9 Å². The molecule has 29 heavy (non-hydrogen) atoms. The van der Waals surface area contributed by atoms with Crippen molar-refractivity contribution in [3.05, 3.63) is 88.4 Å². The van der Waals surface area contributed by atoms with Gasteiger partial charge in [-0.05, 0) is 62.4 Å². The Morgan fingerprint density at radius 1 is 0.793 bits per heavy atom. The lowest BCUT2D eigenvalue weighted by atomic mass is 10.1. The molecule has 6 heteroatoms. The van der Waals surface area contributed by atoms with Gasteiger partial charge in [-0.15, -0.1) is 0 Å². The molecule has 3 aromatic rings. The van der Waals surface area contributed by atoms with E-state index in [0.29, 0.717) is 23.5 Å². The summed E-state index contributed by atoms with van der Waals surface area (Å²) < 4.78 is 16.0. The van der Waals surface area contributed by atoms with Gasteiger partial charge < -0.3 is 14.2 Å². The lowest BCUT2D eigenvalue weighted by Crippen LogP contribution is -2.10. The second-order valence-corrected chi connectivity index (χ2v) is 6.60. The number of aryl methyl sites for hydroxylation is 1. The summed E-state index contributed by atoms with van der Waals surface area (Å²) in [5, 5.41) is 0.151. The van der Waals surface area contributed by atoms with Crippen LogP contribution in [0.5, 0.6) is 17.2 Å². The summed E-state index contributed by atoms with van der Waals surface area (Å²) in [6, 6.07) is 18.0. The number of benzene rings is 3. The van der Waals surface area contributed by atoms with Crippen molar-refractivity contribution < 1.29 is 23.8 Å². The third-order valence-corrected chi connectivity index (χ3v) is 4.30. The Hall–Kier alpha value is -3.31. The number of halogens is 1. The molecule has 0 N–H and O–H groups in total. The maximum Gasteiger partial charge on any atom is 0.343 e. The third-order valence-electron chi connectivity index (χ3n) is 4.00. The first-order valence-electron chi connectivity index (χ1n) is 8.99. The van der Waals surface area contributed by atoms with E-state index in [1.165, 1.54) is 18.2 Å². The normalized spacial score (nSPS) is 10.3. The van der Waals surface area contributed by atoms with Crippen LogP contribution in [0.25, 0.3) is 0 Å². The standard InChI is InChI=1S/C23H19ClO5/c1-3-27-18-10-8-17(9-11-18)23(26)29-21-13-12-19(14-20(21)24)28-22(25)16-6-4-15(2)5-7-16/h4-14H,3H2,1-2H3. The first kappa shape index (κ1) is 20.4. The fourth-order valence-corrected chi connectivity index (χ4v) is 2.71. The van der Waals surface area contributed by atoms with Gasteiger partial charge in [0.05, 0.1) is 22.8 Å². The van der Waals surface area contributed by atoms with Crippen molar-refractivity contribution in [1.29, 1.82) is 0 Å². The lowest BCUT2D eigenvalue weighted by molar-refractivity contribution is 0.0719. The van der Waals surface area contributed by atoms with Crippen LogP contribution in [-0.4, -0.2) is 18.5 Å². The first-order valence-corrected chi connectivity index (χ1v) is 9.37. The molecule has 0 radical (unpaired) electrons. The molecule has 0 atom stereocenters. The molecule has 0 fully saturated rings. The van der Waals surface area contributed by atoms with E-state index in [2.05, 4.69) is 0 Å². The minimum absolute atomic E-state index is 0.151. The molecule has 0 unspecified atom stereocenters. The van der Waals surface area contributed by atoms with Gasteiger partial charge in [0.2, 0.25) is 0 Å². The van der Waals surface area contributed by atoms with E-state index in [1.54, 1.807) is 36.4 Å². The number of hydrogen-bond acceptors (Lipinski definition) is 5. The molecule has 3 rings (SSSR count). The quantitative estimate of drug-likeness (QED) is 0.397. The molecule has 0 saturated carbocycles. The number of rotatable bonds is 6. The topological polar surface area (TPSA) is 61.8 Å². The minimum atomic E-state index is -0.556. The highest BCUT2D eigenvalue weighted by Gasteiger charge is 2.14. The average Bonchev–Trinajstić information content (AvgIpc) is 2.71. The van der Waals surface area contributed by atoms with Crippen LogP contribution in [0.2, 0.25) is 5.02 Å². The van der Waals surface area contributed by atoms with E-state index in [-0.39, 0.29) is 16.5 Å². The van der Waals surface area contributed by atoms with E-state index in [4.69, 9.17) is 25.8 Å². The molecule has 0 heterocycles. The summed E-state index contributed by atoms with van der Waals surface area (Å²) in [7, 11) is 0. The van der Waals surface area contributed by atoms with Crippen molar-refractivity contribution in [2.45, 2.75) is 13.8 Å². The van der Waals surface area contributed by atoms with Crippen molar-refractivity contribution in [1.82, 2.24) is 0 Å². The maximum atomic E-state index is 12.3. The number of carbonyl (C=O) groups is 2. The smallest absolute Gasteiger partial charge is 0.343 e. The summed E-state index contributed by atoms with van der Waals surface area (Å²) in [4.78, 5) is 24.5. The number of esters is 2. The maximum absolute atomic E-state index is 12.3. The fourth-order valence-electron chi connectivity index (χ4n) is 2.50. The number of hydrogen-bond donors (Lipinski definition) is 0. The zero-order chi connectivity index (χ0) is 20.8. The molecule has 0 saturated heterocycles. The Labute approximate surface area is 173 Å². The van der Waals surface area contributed by atoms with Crippen molar-refractivity contribution in [3.8, 4) is 17.2 Å². The summed E-state index contributed by atoms with van der Waals surface area (Å²) in [5.41, 5.74) is 1.83. The Balaban J connectivity index is 1.66. The van der Waals surface area contributed by atoms with Gasteiger partial charge in [-0.3, -0.25) is 0 Å². The molecule has 0 aromatic heterocycles. The molecule has 5 nitrogen and oxygen atoms in total. The van der Waals surface area contributed by atoms with Crippen LogP contribution in [0.1, 0.15) is 33.2 Å². The highest BCUT2D eigenvalue weighted by atomic mass is 35.5. The monoisotopic (exact) mass is 410 g/mol. The largest absolute Gasteiger partial charge is 0.494 e. The Morgan fingerprint density at radius 2 is 1.34 bits per heavy atom. The molecule has 3 aromatic carbocycles. The van der Waals surface area contributed by atoms with Crippen LogP contribution in [-0.2, 0) is 0 Å². The van der Waals surface area contributed by atoms with Crippen LogP contribution >= 0.6 is 11.6 Å². The van der Waals surface area contributed by atoms with E-state index < -0.39 is 11.9 Å². The van der Waals surface area contributed by atoms with Gasteiger partial charge in [-0.1, -0.05) is 29.3 Å². The Kier molecular flexibility index (Phi) is 6.52. The van der Waals surface area contributed by atoms with Gasteiger partial charge in [0.25, 0.3) is 0 Å². The van der Waals surface area contributed by atoms with Gasteiger partial charge in [-0.25, -0.2) is 9.59 Å². The predicted molar refractivity (Wildman–Crippen MR) is 110 cm³/mol. The first-order chi connectivity index (χ1) is 14.0. The predicted octanol–water partition coefficient (Wildman–Crippen LogP) is 5.49. The average molecular weight is 411 g/mol. The van der Waals surface area contributed by atoms with Crippen LogP contribution in [0.4, 0.5) is 0 Å². The van der Waals surface area contributed by atoms with Gasteiger partial charge in [0.1, 0.15) is 17.2 Å². The number of ether oxygens (including phenoxy) is 3. The van der Waals surface area contributed by atoms with Crippen molar-refractivity contribution in [2.75, 3.05) is 6.61 Å². The van der Waals surface area contributed by atoms with Gasteiger partial charge in [-0.2, -0.15) is 0 Å². The van der Waals surface area contributed by atoms with Crippen LogP contribution in [0.15, 0.2) is 66.7 Å². The van der Waals surface area contributed by atoms with E-state index in [0.717, 1.165) is 5.56 Å². The second-order valence-electron chi connectivity index (χ2n) is 6.19. The summed E-state index contributed by atoms with van der Waals surface area (Å²) in [5.74, 6) is 0.0310. The van der Waals surface area contributed by atoms with Gasteiger partial charge in [0, 0.05) is 6.07 Å². The zero-order valence-corrected chi connectivity index (χ0v) is 16.7. The van der Waals surface area contributed by atoms with Gasteiger partial charge in [0.15, 0.2) is 0 Å². The molecule has 0 bridgehead atoms. The molecule has 0 aliphatic rings. The van der Waals surface area contributed by atoms with Crippen LogP contribution in [0, 0.1) is 6.92 Å². The molecular formula is C23H19ClO5. The Bertz CT molecular complexity index is 1010. The fraction of sp³-hybridized carbons (Fsp3) is 0.130. The highest BCUT2D eigenvalue weighted by Crippen LogP contribution is 2.30. The number of carbonyl (C=O) groups excluding carboxylic acids is 2. The van der Waals surface area contributed by atoms with E-state index in [1.807, 2.05) is 26.0 Å². The summed E-state index contributed by atoms with van der Waals surface area (Å²) in [6.07, 6.45) is 0. The molecule has 0 spiro atoms. The SMILES string of the molecule is CCOc1ccc(C(=O)Oc2ccc(OC(=O)c3ccc(C)cc3)cc2Cl)cc1. The highest BCUT2D eigenvalue weighted by molar-refractivity contribution is 6.32. The van der Waals surface area contributed by atoms with Crippen molar-refractivity contribution >= 4 is 23.5 Å². The van der Waals surface area contributed by atoms with Crippen LogP contribution < -0.4 is 14.2 Å². The van der Waals surface area contributed by atoms with Crippen molar-refractivity contribution in [2.24, 2.45) is 0 Å². The van der Waals surface area contributed by atoms with Crippen molar-refractivity contribution in [3.63, 3.8) is 0 Å². The zero-order valence-electron chi connectivity index (χ0n) is 16.0. The third kappa shape index (κ3) is 5.36. The van der Waals surface area contributed by atoms with Crippen LogP contribution in [0.3, 0.4) is 0 Å². The molecule has 0 aliphatic carbocycles. The second kappa shape index (κ2) is 9.26. The summed E-state index contributed by atoms with van der Waals surface area (Å²) >= 11 is 6.19. The Morgan fingerprint density at radius 3 is 1.93 bits per heavy atom. The molecular weight excluding hydrogens is 392 g/mol. The van der Waals surface area contributed by atoms with E-state index >= 15 is 0 Å². The summed E-state index contributed by atoms with van der Waals surface area (Å²) in [6.45, 7) is 4.36. The molecule has 148 valence electrons.